The first-order valence-corrected chi connectivity index (χ1v) is 6.46. The lowest BCUT2D eigenvalue weighted by molar-refractivity contribution is 0.269. The van der Waals surface area contributed by atoms with Gasteiger partial charge in [0.05, 0.1) is 12.8 Å². The van der Waals surface area contributed by atoms with Crippen molar-refractivity contribution < 1.29 is 5.11 Å². The summed E-state index contributed by atoms with van der Waals surface area (Å²) in [5, 5.41) is 15.8. The molecule has 3 rings (SSSR count). The van der Waals surface area contributed by atoms with Crippen LogP contribution in [0, 0.1) is 0 Å². The number of rotatable bonds is 2. The number of nitrogens with zero attached hydrogens (tertiary/aromatic N) is 2. The number of phenolic OH excluding ortho intramolecular Hbond substituents is 1. The van der Waals surface area contributed by atoms with Crippen LogP contribution in [0.1, 0.15) is 16.7 Å². The van der Waals surface area contributed by atoms with Crippen LogP contribution in [0.15, 0.2) is 53.6 Å². The predicted molar refractivity (Wildman–Crippen MR) is 76.3 cm³/mol. The summed E-state index contributed by atoms with van der Waals surface area (Å²) in [6, 6.07) is 15.6. The molecule has 2 aromatic carbocycles. The van der Waals surface area contributed by atoms with E-state index >= 15 is 0 Å². The molecule has 1 heterocycles. The Morgan fingerprint density at radius 1 is 1.00 bits per heavy atom. The van der Waals surface area contributed by atoms with Gasteiger partial charge in [0.25, 0.3) is 0 Å². The number of hydrogen-bond donors (Lipinski definition) is 1. The first kappa shape index (κ1) is 11.8. The van der Waals surface area contributed by atoms with Crippen LogP contribution in [0.25, 0.3) is 0 Å². The second-order valence-corrected chi connectivity index (χ2v) is 4.74. The molecule has 2 aromatic rings. The summed E-state index contributed by atoms with van der Waals surface area (Å²) in [5.74, 6) is 0.282. The monoisotopic (exact) mass is 252 g/mol. The van der Waals surface area contributed by atoms with Gasteiger partial charge in [-0.3, -0.25) is 5.01 Å². The highest BCUT2D eigenvalue weighted by Gasteiger charge is 2.13. The third-order valence-electron chi connectivity index (χ3n) is 3.37. The summed E-state index contributed by atoms with van der Waals surface area (Å²) < 4.78 is 0. The lowest BCUT2D eigenvalue weighted by Gasteiger charge is -2.26. The second kappa shape index (κ2) is 5.14. The van der Waals surface area contributed by atoms with E-state index in [9.17, 15) is 5.11 Å². The standard InChI is InChI=1S/C16H16N2O/c19-16-7-5-13(6-8-16)11-17-18-10-9-14-3-1-2-4-15(14)12-18/h1-8,11,19H,9-10,12H2/b17-11+. The van der Waals surface area contributed by atoms with Crippen molar-refractivity contribution >= 4 is 6.21 Å². The van der Waals surface area contributed by atoms with Crippen LogP contribution in [0.5, 0.6) is 5.75 Å². The molecule has 1 N–H and O–H groups in total. The van der Waals surface area contributed by atoms with Crippen molar-refractivity contribution in [3.05, 3.63) is 65.2 Å². The molecule has 0 fully saturated rings. The van der Waals surface area contributed by atoms with Crippen LogP contribution in [-0.4, -0.2) is 22.9 Å². The molecule has 0 radical (unpaired) electrons. The van der Waals surface area contributed by atoms with Gasteiger partial charge in [-0.25, -0.2) is 0 Å². The largest absolute Gasteiger partial charge is 0.508 e. The van der Waals surface area contributed by atoms with Crippen LogP contribution in [0.3, 0.4) is 0 Å². The number of aromatic hydroxyl groups is 1. The molecule has 0 amide bonds. The molecule has 1 aliphatic rings. The Labute approximate surface area is 112 Å². The average Bonchev–Trinajstić information content (AvgIpc) is 2.46. The molecule has 0 atom stereocenters. The Morgan fingerprint density at radius 2 is 1.74 bits per heavy atom. The Hall–Kier alpha value is -2.29. The summed E-state index contributed by atoms with van der Waals surface area (Å²) >= 11 is 0. The summed E-state index contributed by atoms with van der Waals surface area (Å²) in [5.41, 5.74) is 3.78. The van der Waals surface area contributed by atoms with Crippen LogP contribution in [0.4, 0.5) is 0 Å². The lowest BCUT2D eigenvalue weighted by atomic mass is 10.0. The molecule has 0 saturated carbocycles. The maximum atomic E-state index is 9.23. The molecule has 0 spiro atoms. The number of fused-ring (bicyclic) bond motifs is 1. The topological polar surface area (TPSA) is 35.8 Å². The molecule has 19 heavy (non-hydrogen) atoms. The van der Waals surface area contributed by atoms with E-state index in [4.69, 9.17) is 0 Å². The Balaban J connectivity index is 1.70. The third-order valence-corrected chi connectivity index (χ3v) is 3.37. The molecule has 3 nitrogen and oxygen atoms in total. The molecule has 0 aliphatic carbocycles. The summed E-state index contributed by atoms with van der Waals surface area (Å²) in [4.78, 5) is 0. The van der Waals surface area contributed by atoms with Crippen molar-refractivity contribution in [2.45, 2.75) is 13.0 Å². The molecule has 0 unspecified atom stereocenters. The Morgan fingerprint density at radius 3 is 2.53 bits per heavy atom. The minimum Gasteiger partial charge on any atom is -0.508 e. The molecule has 1 aliphatic heterocycles. The van der Waals surface area contributed by atoms with Gasteiger partial charge in [0, 0.05) is 6.54 Å². The van der Waals surface area contributed by atoms with Gasteiger partial charge >= 0.3 is 0 Å². The molecule has 96 valence electrons. The number of phenols is 1. The van der Waals surface area contributed by atoms with E-state index < -0.39 is 0 Å². The summed E-state index contributed by atoms with van der Waals surface area (Å²) in [7, 11) is 0. The second-order valence-electron chi connectivity index (χ2n) is 4.74. The fraction of sp³-hybridized carbons (Fsp3) is 0.188. The van der Waals surface area contributed by atoms with Gasteiger partial charge in [-0.2, -0.15) is 5.10 Å². The van der Waals surface area contributed by atoms with Gasteiger partial charge < -0.3 is 5.11 Å². The van der Waals surface area contributed by atoms with E-state index in [1.54, 1.807) is 12.1 Å². The first-order valence-electron chi connectivity index (χ1n) is 6.46. The van der Waals surface area contributed by atoms with E-state index in [1.165, 1.54) is 11.1 Å². The minimum absolute atomic E-state index is 0.282. The zero-order valence-electron chi connectivity index (χ0n) is 10.7. The molecular weight excluding hydrogens is 236 g/mol. The number of hydrazone groups is 1. The molecule has 0 aromatic heterocycles. The maximum Gasteiger partial charge on any atom is 0.115 e. The zero-order valence-corrected chi connectivity index (χ0v) is 10.7. The smallest absolute Gasteiger partial charge is 0.115 e. The average molecular weight is 252 g/mol. The third kappa shape index (κ3) is 2.76. The van der Waals surface area contributed by atoms with Gasteiger partial charge in [0.15, 0.2) is 0 Å². The van der Waals surface area contributed by atoms with Gasteiger partial charge in [-0.1, -0.05) is 24.3 Å². The van der Waals surface area contributed by atoms with E-state index in [2.05, 4.69) is 34.4 Å². The highest BCUT2D eigenvalue weighted by molar-refractivity contribution is 5.79. The van der Waals surface area contributed by atoms with Crippen molar-refractivity contribution in [1.82, 2.24) is 5.01 Å². The van der Waals surface area contributed by atoms with Gasteiger partial charge in [-0.15, -0.1) is 0 Å². The maximum absolute atomic E-state index is 9.23. The minimum atomic E-state index is 0.282. The van der Waals surface area contributed by atoms with Crippen LogP contribution in [-0.2, 0) is 13.0 Å². The van der Waals surface area contributed by atoms with Crippen LogP contribution in [0.2, 0.25) is 0 Å². The fourth-order valence-electron chi connectivity index (χ4n) is 2.29. The summed E-state index contributed by atoms with van der Waals surface area (Å²) in [6.07, 6.45) is 2.89. The van der Waals surface area contributed by atoms with Crippen molar-refractivity contribution in [3.8, 4) is 5.75 Å². The molecule has 0 bridgehead atoms. The SMILES string of the molecule is Oc1ccc(/C=N/N2CCc3ccccc3C2)cc1. The van der Waals surface area contributed by atoms with Crippen molar-refractivity contribution in [1.29, 1.82) is 0 Å². The fourth-order valence-corrected chi connectivity index (χ4v) is 2.29. The van der Waals surface area contributed by atoms with E-state index in [0.717, 1.165) is 25.1 Å². The van der Waals surface area contributed by atoms with Crippen LogP contribution < -0.4 is 0 Å². The van der Waals surface area contributed by atoms with Crippen LogP contribution >= 0.6 is 0 Å². The first-order chi connectivity index (χ1) is 9.31. The van der Waals surface area contributed by atoms with E-state index in [-0.39, 0.29) is 5.75 Å². The predicted octanol–water partition coefficient (Wildman–Crippen LogP) is 2.78. The van der Waals surface area contributed by atoms with Gasteiger partial charge in [0.2, 0.25) is 0 Å². The Kier molecular flexibility index (Phi) is 3.19. The summed E-state index contributed by atoms with van der Waals surface area (Å²) in [6.45, 7) is 1.82. The normalized spacial score (nSPS) is 14.6. The molecule has 3 heteroatoms. The van der Waals surface area contributed by atoms with Crippen molar-refractivity contribution in [2.75, 3.05) is 6.54 Å². The van der Waals surface area contributed by atoms with Crippen molar-refractivity contribution in [2.24, 2.45) is 5.10 Å². The van der Waals surface area contributed by atoms with Gasteiger partial charge in [-0.05, 0) is 47.4 Å². The highest BCUT2D eigenvalue weighted by atomic mass is 16.3. The molecule has 0 saturated heterocycles. The van der Waals surface area contributed by atoms with Gasteiger partial charge in [0.1, 0.15) is 5.75 Å². The van der Waals surface area contributed by atoms with Crippen molar-refractivity contribution in [3.63, 3.8) is 0 Å². The Bertz CT molecular complexity index is 590. The zero-order chi connectivity index (χ0) is 13.1. The highest BCUT2D eigenvalue weighted by Crippen LogP contribution is 2.18. The number of hydrogen-bond acceptors (Lipinski definition) is 3. The molecular formula is C16H16N2O. The lowest BCUT2D eigenvalue weighted by Crippen LogP contribution is -2.25. The van der Waals surface area contributed by atoms with E-state index in [1.807, 2.05) is 18.3 Å². The quantitative estimate of drug-likeness (QED) is 0.834. The number of benzene rings is 2. The van der Waals surface area contributed by atoms with E-state index in [0.29, 0.717) is 0 Å².